The second-order valence-corrected chi connectivity index (χ2v) is 8.90. The first-order valence-electron chi connectivity index (χ1n) is 6.74. The molecular weight excluding hydrogens is 359 g/mol. The molecule has 0 amide bonds. The van der Waals surface area contributed by atoms with Gasteiger partial charge in [0.15, 0.2) is 4.34 Å². The molecular formula is C13H17N2O3PS3. The standard InChI is InChI=1S/C13H17N2O3PS3/c1-3-16-19(20,17-4-2)18-12-14-13(22-15-12)21-10-11-8-6-5-7-9-11/h5-9H,3-4,10H2,1-2H3. The zero-order valence-electron chi connectivity index (χ0n) is 12.3. The maximum Gasteiger partial charge on any atom is 0.382 e. The van der Waals surface area contributed by atoms with Crippen molar-refractivity contribution < 1.29 is 13.6 Å². The summed E-state index contributed by atoms with van der Waals surface area (Å²) in [6, 6.07) is 10.4. The van der Waals surface area contributed by atoms with Gasteiger partial charge < -0.3 is 4.52 Å². The first-order valence-corrected chi connectivity index (χ1v) is 11.1. The lowest BCUT2D eigenvalue weighted by molar-refractivity contribution is 0.214. The van der Waals surface area contributed by atoms with Crippen molar-refractivity contribution in [2.75, 3.05) is 13.2 Å². The van der Waals surface area contributed by atoms with E-state index in [0.717, 1.165) is 10.1 Å². The first-order chi connectivity index (χ1) is 10.6. The molecule has 0 spiro atoms. The van der Waals surface area contributed by atoms with Gasteiger partial charge in [-0.1, -0.05) is 42.1 Å². The molecule has 1 aromatic heterocycles. The minimum absolute atomic E-state index is 0.228. The number of rotatable bonds is 9. The zero-order valence-corrected chi connectivity index (χ0v) is 15.6. The molecule has 1 aromatic carbocycles. The summed E-state index contributed by atoms with van der Waals surface area (Å²) in [6.07, 6.45) is 0. The molecule has 0 aliphatic carbocycles. The lowest BCUT2D eigenvalue weighted by Crippen LogP contribution is -2.02. The Hall–Kier alpha value is -0.500. The quantitative estimate of drug-likeness (QED) is 0.471. The molecule has 22 heavy (non-hydrogen) atoms. The summed E-state index contributed by atoms with van der Waals surface area (Å²) in [5, 5.41) is 0. The van der Waals surface area contributed by atoms with Gasteiger partial charge in [-0.15, -0.1) is 4.37 Å². The van der Waals surface area contributed by atoms with Crippen molar-refractivity contribution in [1.29, 1.82) is 0 Å². The van der Waals surface area contributed by atoms with E-state index in [1.165, 1.54) is 17.1 Å². The van der Waals surface area contributed by atoms with Crippen LogP contribution in [-0.4, -0.2) is 22.6 Å². The van der Waals surface area contributed by atoms with Crippen LogP contribution < -0.4 is 4.52 Å². The highest BCUT2D eigenvalue weighted by Gasteiger charge is 2.23. The second-order valence-electron chi connectivity index (χ2n) is 3.99. The molecule has 120 valence electrons. The Morgan fingerprint density at radius 2 is 1.86 bits per heavy atom. The van der Waals surface area contributed by atoms with Gasteiger partial charge in [-0.2, -0.15) is 4.98 Å². The maximum atomic E-state index is 5.57. The van der Waals surface area contributed by atoms with E-state index in [1.807, 2.05) is 32.0 Å². The lowest BCUT2D eigenvalue weighted by atomic mass is 10.2. The van der Waals surface area contributed by atoms with Crippen LogP contribution in [0.4, 0.5) is 0 Å². The van der Waals surface area contributed by atoms with Gasteiger partial charge in [0.1, 0.15) is 0 Å². The molecule has 0 bridgehead atoms. The number of hydrogen-bond acceptors (Lipinski definition) is 8. The summed E-state index contributed by atoms with van der Waals surface area (Å²) in [5.74, 6) is 0.834. The molecule has 0 saturated carbocycles. The number of aromatic nitrogens is 2. The van der Waals surface area contributed by atoms with Crippen molar-refractivity contribution in [3.8, 4) is 6.01 Å². The van der Waals surface area contributed by atoms with Crippen molar-refractivity contribution in [2.24, 2.45) is 0 Å². The Labute approximate surface area is 143 Å². The van der Waals surface area contributed by atoms with Crippen LogP contribution in [0.5, 0.6) is 6.01 Å². The van der Waals surface area contributed by atoms with Crippen LogP contribution in [-0.2, 0) is 26.6 Å². The second kappa shape index (κ2) is 8.96. The van der Waals surface area contributed by atoms with Gasteiger partial charge in [0.2, 0.25) is 0 Å². The largest absolute Gasteiger partial charge is 0.388 e. The third kappa shape index (κ3) is 5.61. The fourth-order valence-corrected chi connectivity index (χ4v) is 4.98. The molecule has 0 saturated heterocycles. The molecule has 0 atom stereocenters. The van der Waals surface area contributed by atoms with Gasteiger partial charge in [0, 0.05) is 17.6 Å². The Bertz CT molecular complexity index is 614. The molecule has 5 nitrogen and oxygen atoms in total. The topological polar surface area (TPSA) is 53.5 Å². The van der Waals surface area contributed by atoms with Crippen molar-refractivity contribution in [2.45, 2.75) is 23.9 Å². The van der Waals surface area contributed by atoms with Crippen molar-refractivity contribution in [1.82, 2.24) is 9.36 Å². The monoisotopic (exact) mass is 376 g/mol. The summed E-state index contributed by atoms with van der Waals surface area (Å²) in [5.41, 5.74) is 1.24. The Morgan fingerprint density at radius 1 is 1.18 bits per heavy atom. The van der Waals surface area contributed by atoms with Crippen LogP contribution >= 0.6 is 30.0 Å². The highest BCUT2D eigenvalue weighted by Crippen LogP contribution is 2.49. The Kier molecular flexibility index (Phi) is 7.27. The third-order valence-corrected chi connectivity index (χ3v) is 6.64. The molecule has 9 heteroatoms. The van der Waals surface area contributed by atoms with Gasteiger partial charge >= 0.3 is 12.7 Å². The molecule has 0 fully saturated rings. The van der Waals surface area contributed by atoms with Crippen LogP contribution in [0, 0.1) is 0 Å². The highest BCUT2D eigenvalue weighted by molar-refractivity contribution is 8.07. The minimum Gasteiger partial charge on any atom is -0.388 e. The van der Waals surface area contributed by atoms with Gasteiger partial charge in [-0.3, -0.25) is 9.05 Å². The zero-order chi connectivity index (χ0) is 15.8. The molecule has 0 N–H and O–H groups in total. The van der Waals surface area contributed by atoms with Crippen molar-refractivity contribution >= 4 is 41.8 Å². The first kappa shape index (κ1) is 17.8. The maximum absolute atomic E-state index is 5.57. The number of nitrogens with zero attached hydrogens (tertiary/aromatic N) is 2. The smallest absolute Gasteiger partial charge is 0.382 e. The van der Waals surface area contributed by atoms with E-state index >= 15 is 0 Å². The van der Waals surface area contributed by atoms with Crippen LogP contribution in [0.3, 0.4) is 0 Å². The SMILES string of the molecule is CCOP(=S)(OCC)Oc1nsc(SCc2ccccc2)n1. The summed E-state index contributed by atoms with van der Waals surface area (Å²) in [4.78, 5) is 4.32. The molecule has 0 aliphatic rings. The molecule has 0 unspecified atom stereocenters. The van der Waals surface area contributed by atoms with E-state index in [0.29, 0.717) is 13.2 Å². The minimum atomic E-state index is -2.80. The average molecular weight is 376 g/mol. The predicted octanol–water partition coefficient (Wildman–Crippen LogP) is 4.51. The highest BCUT2D eigenvalue weighted by atomic mass is 32.5. The normalized spacial score (nSPS) is 11.5. The molecule has 0 aliphatic heterocycles. The van der Waals surface area contributed by atoms with E-state index in [9.17, 15) is 0 Å². The van der Waals surface area contributed by atoms with E-state index in [2.05, 4.69) is 21.5 Å². The number of benzene rings is 1. The van der Waals surface area contributed by atoms with Gasteiger partial charge in [-0.05, 0) is 30.9 Å². The van der Waals surface area contributed by atoms with Crippen LogP contribution in [0.15, 0.2) is 34.7 Å². The molecule has 1 heterocycles. The van der Waals surface area contributed by atoms with E-state index in [1.54, 1.807) is 11.8 Å². The Morgan fingerprint density at radius 3 is 2.50 bits per heavy atom. The fourth-order valence-electron chi connectivity index (χ4n) is 1.52. The molecule has 0 radical (unpaired) electrons. The summed E-state index contributed by atoms with van der Waals surface area (Å²) in [6.45, 7) is 1.75. The van der Waals surface area contributed by atoms with Gasteiger partial charge in [0.05, 0.1) is 13.2 Å². The van der Waals surface area contributed by atoms with Crippen molar-refractivity contribution in [3.05, 3.63) is 35.9 Å². The van der Waals surface area contributed by atoms with Crippen LogP contribution in [0.2, 0.25) is 0 Å². The number of hydrogen-bond donors (Lipinski definition) is 0. The van der Waals surface area contributed by atoms with Crippen LogP contribution in [0.25, 0.3) is 0 Å². The van der Waals surface area contributed by atoms with E-state index in [-0.39, 0.29) is 6.01 Å². The molecule has 2 rings (SSSR count). The van der Waals surface area contributed by atoms with Crippen LogP contribution in [0.1, 0.15) is 19.4 Å². The summed E-state index contributed by atoms with van der Waals surface area (Å²) >= 11 is 8.19. The molecule has 2 aromatic rings. The predicted molar refractivity (Wildman–Crippen MR) is 94.1 cm³/mol. The summed E-state index contributed by atoms with van der Waals surface area (Å²) in [7, 11) is 0. The summed E-state index contributed by atoms with van der Waals surface area (Å²) < 4.78 is 21.4. The van der Waals surface area contributed by atoms with Gasteiger partial charge in [0.25, 0.3) is 0 Å². The van der Waals surface area contributed by atoms with E-state index < -0.39 is 6.72 Å². The number of thioether (sulfide) groups is 1. The van der Waals surface area contributed by atoms with Crippen molar-refractivity contribution in [3.63, 3.8) is 0 Å². The third-order valence-electron chi connectivity index (χ3n) is 2.36. The Balaban J connectivity index is 1.94. The van der Waals surface area contributed by atoms with E-state index in [4.69, 9.17) is 25.4 Å². The lowest BCUT2D eigenvalue weighted by Gasteiger charge is -2.18. The average Bonchev–Trinajstić information content (AvgIpc) is 2.94. The fraction of sp³-hybridized carbons (Fsp3) is 0.385. The van der Waals surface area contributed by atoms with Gasteiger partial charge in [-0.25, -0.2) is 0 Å².